The smallest absolute Gasteiger partial charge is 0.146 e. The van der Waals surface area contributed by atoms with E-state index in [1.54, 1.807) is 12.1 Å². The van der Waals surface area contributed by atoms with Crippen molar-refractivity contribution in [1.82, 2.24) is 4.90 Å². The molecule has 1 rings (SSSR count). The lowest BCUT2D eigenvalue weighted by Gasteiger charge is -2.18. The number of benzene rings is 1. The highest BCUT2D eigenvalue weighted by Gasteiger charge is 2.02. The van der Waals surface area contributed by atoms with Crippen molar-refractivity contribution in [3.8, 4) is 0 Å². The van der Waals surface area contributed by atoms with Crippen molar-refractivity contribution < 1.29 is 9.13 Å². The van der Waals surface area contributed by atoms with E-state index in [4.69, 9.17) is 4.74 Å². The first-order valence-corrected chi connectivity index (χ1v) is 6.38. The molecule has 0 radical (unpaired) electrons. The lowest BCUT2D eigenvalue weighted by atomic mass is 10.3. The Morgan fingerprint density at radius 2 is 2.00 bits per heavy atom. The van der Waals surface area contributed by atoms with Gasteiger partial charge in [-0.3, -0.25) is 0 Å². The second kappa shape index (κ2) is 8.06. The Labute approximate surface area is 109 Å². The van der Waals surface area contributed by atoms with E-state index in [0.717, 1.165) is 26.2 Å². The number of likely N-dealkylation sites (N-methyl/N-ethyl adjacent to an activating group) is 1. The maximum Gasteiger partial charge on any atom is 0.146 e. The highest BCUT2D eigenvalue weighted by molar-refractivity contribution is 5.44. The van der Waals surface area contributed by atoms with Gasteiger partial charge in [0.1, 0.15) is 5.82 Å². The van der Waals surface area contributed by atoms with E-state index in [9.17, 15) is 4.39 Å². The van der Waals surface area contributed by atoms with Gasteiger partial charge in [-0.25, -0.2) is 4.39 Å². The van der Waals surface area contributed by atoms with Crippen LogP contribution in [0.3, 0.4) is 0 Å². The van der Waals surface area contributed by atoms with Crippen LogP contribution in [-0.4, -0.2) is 44.3 Å². The first-order valence-electron chi connectivity index (χ1n) is 6.38. The Kier molecular flexibility index (Phi) is 6.68. The fourth-order valence-electron chi connectivity index (χ4n) is 1.54. The van der Waals surface area contributed by atoms with E-state index in [2.05, 4.69) is 10.2 Å². The SMILES string of the molecule is CC(C)OCCN(C)CCNc1ccccc1F. The van der Waals surface area contributed by atoms with E-state index >= 15 is 0 Å². The van der Waals surface area contributed by atoms with E-state index in [0.29, 0.717) is 5.69 Å². The molecule has 4 heteroatoms. The van der Waals surface area contributed by atoms with E-state index < -0.39 is 0 Å². The maximum atomic E-state index is 13.3. The second-order valence-electron chi connectivity index (χ2n) is 4.63. The molecule has 0 saturated carbocycles. The zero-order valence-corrected chi connectivity index (χ0v) is 11.4. The molecule has 0 saturated heterocycles. The minimum atomic E-state index is -0.205. The Morgan fingerprint density at radius 3 is 2.67 bits per heavy atom. The summed E-state index contributed by atoms with van der Waals surface area (Å²) in [6.07, 6.45) is 0.273. The zero-order chi connectivity index (χ0) is 13.4. The topological polar surface area (TPSA) is 24.5 Å². The summed E-state index contributed by atoms with van der Waals surface area (Å²) in [6.45, 7) is 7.25. The number of ether oxygens (including phenoxy) is 1. The van der Waals surface area contributed by atoms with Gasteiger partial charge in [-0.15, -0.1) is 0 Å². The number of hydrogen-bond donors (Lipinski definition) is 1. The van der Waals surface area contributed by atoms with Crippen LogP contribution in [0.1, 0.15) is 13.8 Å². The van der Waals surface area contributed by atoms with Crippen LogP contribution in [0.25, 0.3) is 0 Å². The van der Waals surface area contributed by atoms with Gasteiger partial charge in [-0.1, -0.05) is 12.1 Å². The quantitative estimate of drug-likeness (QED) is 0.771. The first-order chi connectivity index (χ1) is 8.59. The summed E-state index contributed by atoms with van der Waals surface area (Å²) >= 11 is 0. The molecule has 0 aliphatic rings. The molecule has 0 aliphatic carbocycles. The average molecular weight is 254 g/mol. The minimum absolute atomic E-state index is 0.205. The minimum Gasteiger partial charge on any atom is -0.381 e. The molecule has 0 aliphatic heterocycles. The van der Waals surface area contributed by atoms with Crippen LogP contribution in [-0.2, 0) is 4.74 Å². The Morgan fingerprint density at radius 1 is 1.28 bits per heavy atom. The molecule has 0 spiro atoms. The number of nitrogens with one attached hydrogen (secondary N) is 1. The molecule has 0 bridgehead atoms. The van der Waals surface area contributed by atoms with E-state index in [1.807, 2.05) is 27.0 Å². The summed E-state index contributed by atoms with van der Waals surface area (Å²) in [6, 6.07) is 6.72. The highest BCUT2D eigenvalue weighted by Crippen LogP contribution is 2.11. The molecule has 0 amide bonds. The predicted octanol–water partition coefficient (Wildman–Crippen LogP) is 2.59. The van der Waals surface area contributed by atoms with Crippen molar-refractivity contribution in [2.24, 2.45) is 0 Å². The fraction of sp³-hybridized carbons (Fsp3) is 0.571. The number of halogens is 1. The van der Waals surface area contributed by atoms with Gasteiger partial charge in [0.25, 0.3) is 0 Å². The van der Waals surface area contributed by atoms with Gasteiger partial charge in [0.05, 0.1) is 18.4 Å². The Hall–Kier alpha value is -1.13. The van der Waals surface area contributed by atoms with Gasteiger partial charge in [0, 0.05) is 19.6 Å². The molecule has 0 heterocycles. The summed E-state index contributed by atoms with van der Waals surface area (Å²) in [5.41, 5.74) is 0.560. The lowest BCUT2D eigenvalue weighted by molar-refractivity contribution is 0.0645. The van der Waals surface area contributed by atoms with Crippen LogP contribution in [0, 0.1) is 5.82 Å². The molecule has 1 aromatic rings. The van der Waals surface area contributed by atoms with Crippen LogP contribution < -0.4 is 5.32 Å². The van der Waals surface area contributed by atoms with Crippen LogP contribution >= 0.6 is 0 Å². The molecular formula is C14H23FN2O. The molecule has 0 unspecified atom stereocenters. The normalized spacial score (nSPS) is 11.2. The molecular weight excluding hydrogens is 231 g/mol. The van der Waals surface area contributed by atoms with Crippen LogP contribution in [0.5, 0.6) is 0 Å². The lowest BCUT2D eigenvalue weighted by Crippen LogP contribution is -2.29. The van der Waals surface area contributed by atoms with Gasteiger partial charge in [0.15, 0.2) is 0 Å². The summed E-state index contributed by atoms with van der Waals surface area (Å²) in [7, 11) is 2.03. The van der Waals surface area contributed by atoms with Crippen molar-refractivity contribution in [3.63, 3.8) is 0 Å². The van der Waals surface area contributed by atoms with Crippen LogP contribution in [0.2, 0.25) is 0 Å². The number of hydrogen-bond acceptors (Lipinski definition) is 3. The molecule has 1 aromatic carbocycles. The van der Waals surface area contributed by atoms with Gasteiger partial charge in [0.2, 0.25) is 0 Å². The third-order valence-electron chi connectivity index (χ3n) is 2.61. The highest BCUT2D eigenvalue weighted by atomic mass is 19.1. The number of para-hydroxylation sites is 1. The molecule has 102 valence electrons. The number of nitrogens with zero attached hydrogens (tertiary/aromatic N) is 1. The average Bonchev–Trinajstić information content (AvgIpc) is 2.31. The summed E-state index contributed by atoms with van der Waals surface area (Å²) in [5.74, 6) is -0.205. The van der Waals surface area contributed by atoms with Crippen molar-refractivity contribution in [2.75, 3.05) is 38.6 Å². The second-order valence-corrected chi connectivity index (χ2v) is 4.63. The fourth-order valence-corrected chi connectivity index (χ4v) is 1.54. The zero-order valence-electron chi connectivity index (χ0n) is 11.4. The Bertz CT molecular complexity index is 344. The third-order valence-corrected chi connectivity index (χ3v) is 2.61. The third kappa shape index (κ3) is 5.98. The number of rotatable bonds is 8. The Balaban J connectivity index is 2.15. The van der Waals surface area contributed by atoms with Gasteiger partial charge < -0.3 is 15.0 Å². The monoisotopic (exact) mass is 254 g/mol. The standard InChI is InChI=1S/C14H23FN2O/c1-12(2)18-11-10-17(3)9-8-16-14-7-5-4-6-13(14)15/h4-7,12,16H,8-11H2,1-3H3. The van der Waals surface area contributed by atoms with E-state index in [1.165, 1.54) is 6.07 Å². The summed E-state index contributed by atoms with van der Waals surface area (Å²) < 4.78 is 18.8. The van der Waals surface area contributed by atoms with Gasteiger partial charge in [-0.2, -0.15) is 0 Å². The largest absolute Gasteiger partial charge is 0.381 e. The van der Waals surface area contributed by atoms with Crippen molar-refractivity contribution in [1.29, 1.82) is 0 Å². The van der Waals surface area contributed by atoms with Gasteiger partial charge >= 0.3 is 0 Å². The number of anilines is 1. The van der Waals surface area contributed by atoms with E-state index in [-0.39, 0.29) is 11.9 Å². The van der Waals surface area contributed by atoms with Gasteiger partial charge in [-0.05, 0) is 33.0 Å². The molecule has 0 aromatic heterocycles. The first kappa shape index (κ1) is 14.9. The molecule has 18 heavy (non-hydrogen) atoms. The summed E-state index contributed by atoms with van der Waals surface area (Å²) in [5, 5.41) is 3.09. The molecule has 0 fully saturated rings. The predicted molar refractivity (Wildman–Crippen MR) is 73.5 cm³/mol. The van der Waals surface area contributed by atoms with Crippen molar-refractivity contribution in [2.45, 2.75) is 20.0 Å². The van der Waals surface area contributed by atoms with Crippen LogP contribution in [0.15, 0.2) is 24.3 Å². The van der Waals surface area contributed by atoms with Crippen molar-refractivity contribution in [3.05, 3.63) is 30.1 Å². The molecule has 1 N–H and O–H groups in total. The maximum absolute atomic E-state index is 13.3. The summed E-state index contributed by atoms with van der Waals surface area (Å²) in [4.78, 5) is 2.16. The molecule has 3 nitrogen and oxygen atoms in total. The van der Waals surface area contributed by atoms with Crippen molar-refractivity contribution >= 4 is 5.69 Å². The molecule has 0 atom stereocenters. The van der Waals surface area contributed by atoms with Crippen LogP contribution in [0.4, 0.5) is 10.1 Å².